The van der Waals surface area contributed by atoms with E-state index in [0.29, 0.717) is 6.26 Å². The molecule has 3 aliphatic rings. The predicted molar refractivity (Wildman–Crippen MR) is 104 cm³/mol. The van der Waals surface area contributed by atoms with E-state index in [1.165, 1.54) is 19.3 Å². The minimum atomic E-state index is -3.92. The van der Waals surface area contributed by atoms with Crippen molar-refractivity contribution in [3.05, 3.63) is 0 Å². The SMILES string of the molecule is C1CCC([S+](C2CCCCC2)C2CCCCC2)CC1.CS(=O)(=O)[O-]. The Morgan fingerprint density at radius 2 is 0.833 bits per heavy atom. The van der Waals surface area contributed by atoms with Gasteiger partial charge in [-0.25, -0.2) is 8.42 Å². The van der Waals surface area contributed by atoms with Crippen LogP contribution in [0.5, 0.6) is 0 Å². The van der Waals surface area contributed by atoms with Crippen molar-refractivity contribution in [2.45, 2.75) is 112 Å². The Balaban J connectivity index is 0.000000368. The third kappa shape index (κ3) is 7.65. The molecule has 0 amide bonds. The standard InChI is InChI=1S/C18H33S.CH4O3S/c1-4-10-16(11-5-1)19(17-12-6-2-7-13-17)18-14-8-3-9-15-18;1-5(2,3)4/h16-18H,1-15H2;1H3,(H,2,3,4)/q+1;/p-1. The molecule has 0 aromatic heterocycles. The van der Waals surface area contributed by atoms with Crippen LogP contribution in [-0.2, 0) is 21.0 Å². The zero-order chi connectivity index (χ0) is 17.4. The van der Waals surface area contributed by atoms with E-state index in [4.69, 9.17) is 13.0 Å². The van der Waals surface area contributed by atoms with E-state index < -0.39 is 10.1 Å². The summed E-state index contributed by atoms with van der Waals surface area (Å²) in [7, 11) is -3.10. The Morgan fingerprint density at radius 3 is 1.04 bits per heavy atom. The highest BCUT2D eigenvalue weighted by Crippen LogP contribution is 2.40. The van der Waals surface area contributed by atoms with E-state index in [0.717, 1.165) is 26.6 Å². The molecule has 0 N–H and O–H groups in total. The molecule has 0 spiro atoms. The molecule has 0 aromatic rings. The molecule has 3 saturated carbocycles. The van der Waals surface area contributed by atoms with Crippen LogP contribution in [0.2, 0.25) is 0 Å². The van der Waals surface area contributed by atoms with Crippen molar-refractivity contribution in [3.8, 4) is 0 Å². The van der Waals surface area contributed by atoms with Crippen molar-refractivity contribution in [1.82, 2.24) is 0 Å². The average molecular weight is 377 g/mol. The molecule has 0 atom stereocenters. The lowest BCUT2D eigenvalue weighted by molar-refractivity contribution is 0.466. The molecule has 0 radical (unpaired) electrons. The van der Waals surface area contributed by atoms with Crippen LogP contribution in [0.4, 0.5) is 0 Å². The molecule has 0 saturated heterocycles. The third-order valence-electron chi connectivity index (χ3n) is 5.81. The van der Waals surface area contributed by atoms with Gasteiger partial charge in [0, 0.05) is 6.26 Å². The van der Waals surface area contributed by atoms with Gasteiger partial charge < -0.3 is 4.55 Å². The van der Waals surface area contributed by atoms with E-state index in [2.05, 4.69) is 0 Å². The summed E-state index contributed by atoms with van der Waals surface area (Å²) in [6.07, 6.45) is 24.1. The van der Waals surface area contributed by atoms with Crippen LogP contribution >= 0.6 is 0 Å². The molecule has 5 heteroatoms. The fraction of sp³-hybridized carbons (Fsp3) is 1.00. The lowest BCUT2D eigenvalue weighted by Gasteiger charge is -2.36. The van der Waals surface area contributed by atoms with Gasteiger partial charge in [-0.3, -0.25) is 0 Å². The van der Waals surface area contributed by atoms with Gasteiger partial charge in [0.2, 0.25) is 0 Å². The summed E-state index contributed by atoms with van der Waals surface area (Å²) in [4.78, 5) is 0. The molecule has 0 heterocycles. The summed E-state index contributed by atoms with van der Waals surface area (Å²) in [5.74, 6) is 0. The van der Waals surface area contributed by atoms with Crippen LogP contribution < -0.4 is 0 Å². The van der Waals surface area contributed by atoms with Crippen LogP contribution in [0.15, 0.2) is 0 Å². The van der Waals surface area contributed by atoms with Crippen molar-refractivity contribution >= 4 is 21.0 Å². The monoisotopic (exact) mass is 376 g/mol. The summed E-state index contributed by atoms with van der Waals surface area (Å²) >= 11 is 0. The van der Waals surface area contributed by atoms with Crippen LogP contribution in [0, 0.1) is 0 Å². The summed E-state index contributed by atoms with van der Waals surface area (Å²) in [6.45, 7) is 0. The predicted octanol–water partition coefficient (Wildman–Crippen LogP) is 4.76. The first-order valence-electron chi connectivity index (χ1n) is 10.1. The Morgan fingerprint density at radius 1 is 0.625 bits per heavy atom. The molecule has 3 aliphatic carbocycles. The van der Waals surface area contributed by atoms with Gasteiger partial charge in [0.05, 0.1) is 10.1 Å². The zero-order valence-corrected chi connectivity index (χ0v) is 17.0. The van der Waals surface area contributed by atoms with Crippen LogP contribution in [-0.4, -0.2) is 35.0 Å². The van der Waals surface area contributed by atoms with E-state index >= 15 is 0 Å². The molecular weight excluding hydrogens is 340 g/mol. The molecule has 3 nitrogen and oxygen atoms in total. The van der Waals surface area contributed by atoms with Gasteiger partial charge in [-0.15, -0.1) is 0 Å². The maximum absolute atomic E-state index is 9.08. The first kappa shape index (κ1) is 20.6. The fourth-order valence-electron chi connectivity index (χ4n) is 4.83. The molecular formula is C19H36O3S2. The van der Waals surface area contributed by atoms with Gasteiger partial charge in [-0.05, 0) is 87.9 Å². The maximum Gasteiger partial charge on any atom is 0.118 e. The molecule has 0 aliphatic heterocycles. The summed E-state index contributed by atoms with van der Waals surface area (Å²) in [5.41, 5.74) is 0. The summed E-state index contributed by atoms with van der Waals surface area (Å²) < 4.78 is 27.2. The highest BCUT2D eigenvalue weighted by atomic mass is 32.2. The van der Waals surface area contributed by atoms with Gasteiger partial charge >= 0.3 is 0 Å². The highest BCUT2D eigenvalue weighted by molar-refractivity contribution is 7.98. The molecule has 3 fully saturated rings. The van der Waals surface area contributed by atoms with Gasteiger partial charge in [0.15, 0.2) is 0 Å². The van der Waals surface area contributed by atoms with Gasteiger partial charge in [-0.1, -0.05) is 19.3 Å². The number of hydrogen-bond acceptors (Lipinski definition) is 3. The van der Waals surface area contributed by atoms with Crippen molar-refractivity contribution in [2.75, 3.05) is 6.26 Å². The third-order valence-corrected chi connectivity index (χ3v) is 9.53. The first-order chi connectivity index (χ1) is 11.4. The fourth-order valence-corrected chi connectivity index (χ4v) is 9.09. The maximum atomic E-state index is 9.08. The molecule has 0 aromatic carbocycles. The van der Waals surface area contributed by atoms with Crippen LogP contribution in [0.1, 0.15) is 96.3 Å². The van der Waals surface area contributed by atoms with E-state index in [1.54, 1.807) is 77.0 Å². The van der Waals surface area contributed by atoms with Crippen LogP contribution in [0.3, 0.4) is 0 Å². The van der Waals surface area contributed by atoms with E-state index in [-0.39, 0.29) is 0 Å². The van der Waals surface area contributed by atoms with Crippen molar-refractivity contribution in [3.63, 3.8) is 0 Å². The zero-order valence-electron chi connectivity index (χ0n) is 15.4. The first-order valence-corrected chi connectivity index (χ1v) is 13.3. The Bertz CT molecular complexity index is 381. The van der Waals surface area contributed by atoms with E-state index in [9.17, 15) is 0 Å². The molecule has 0 unspecified atom stereocenters. The van der Waals surface area contributed by atoms with Crippen molar-refractivity contribution in [2.24, 2.45) is 0 Å². The quantitative estimate of drug-likeness (QED) is 0.527. The van der Waals surface area contributed by atoms with Crippen molar-refractivity contribution in [1.29, 1.82) is 0 Å². The average Bonchev–Trinajstić information content (AvgIpc) is 2.57. The van der Waals surface area contributed by atoms with E-state index in [1.807, 2.05) is 0 Å². The van der Waals surface area contributed by atoms with Gasteiger partial charge in [0.25, 0.3) is 0 Å². The number of rotatable bonds is 3. The Labute approximate surface area is 152 Å². The van der Waals surface area contributed by atoms with Crippen LogP contribution in [0.25, 0.3) is 0 Å². The second kappa shape index (κ2) is 10.4. The summed E-state index contributed by atoms with van der Waals surface area (Å²) in [6, 6.07) is 0. The second-order valence-corrected chi connectivity index (χ2v) is 12.1. The number of hydrogen-bond donors (Lipinski definition) is 0. The molecule has 3 rings (SSSR count). The van der Waals surface area contributed by atoms with Crippen molar-refractivity contribution < 1.29 is 13.0 Å². The lowest BCUT2D eigenvalue weighted by atomic mass is 9.99. The normalized spacial score (nSPS) is 25.3. The second-order valence-electron chi connectivity index (χ2n) is 7.89. The van der Waals surface area contributed by atoms with Gasteiger partial charge in [0.1, 0.15) is 15.7 Å². The Kier molecular flexibility index (Phi) is 8.93. The lowest BCUT2D eigenvalue weighted by Crippen LogP contribution is -2.43. The minimum absolute atomic E-state index is 0.604. The molecule has 24 heavy (non-hydrogen) atoms. The highest BCUT2D eigenvalue weighted by Gasteiger charge is 2.45. The van der Waals surface area contributed by atoms with Gasteiger partial charge in [-0.2, -0.15) is 0 Å². The Hall–Kier alpha value is 0.260. The smallest absolute Gasteiger partial charge is 0.118 e. The topological polar surface area (TPSA) is 57.2 Å². The molecule has 0 bridgehead atoms. The summed E-state index contributed by atoms with van der Waals surface area (Å²) in [5, 5.41) is 3.46. The minimum Gasteiger partial charge on any atom is -0.748 e. The largest absolute Gasteiger partial charge is 0.748 e. The molecule has 142 valence electrons.